The predicted octanol–water partition coefficient (Wildman–Crippen LogP) is -1.36. The van der Waals surface area contributed by atoms with Crippen molar-refractivity contribution in [1.82, 2.24) is 14.5 Å². The van der Waals surface area contributed by atoms with E-state index in [1.54, 1.807) is 0 Å². The van der Waals surface area contributed by atoms with Crippen molar-refractivity contribution in [1.29, 1.82) is 0 Å². The summed E-state index contributed by atoms with van der Waals surface area (Å²) >= 11 is 5.65. The zero-order chi connectivity index (χ0) is 13.3. The maximum Gasteiger partial charge on any atom is 0.259 e. The molecule has 8 nitrogen and oxygen atoms in total. The number of sulfonamides is 2. The third-order valence-electron chi connectivity index (χ3n) is 1.78. The van der Waals surface area contributed by atoms with E-state index in [1.165, 1.54) is 13.2 Å². The van der Waals surface area contributed by atoms with Gasteiger partial charge in [0.2, 0.25) is 10.0 Å². The average molecular weight is 303 g/mol. The van der Waals surface area contributed by atoms with Crippen LogP contribution in [-0.4, -0.2) is 38.9 Å². The van der Waals surface area contributed by atoms with Crippen LogP contribution in [0.25, 0.3) is 0 Å². The number of hydrogen-bond donors (Lipinski definition) is 2. The van der Waals surface area contributed by atoms with Crippen LogP contribution in [0.3, 0.4) is 0 Å². The highest BCUT2D eigenvalue weighted by atomic mass is 35.5. The van der Waals surface area contributed by atoms with Crippen LogP contribution in [0.15, 0.2) is 11.2 Å². The van der Waals surface area contributed by atoms with Crippen LogP contribution in [0.2, 0.25) is 5.02 Å². The molecular weight excluding hydrogens is 292 g/mol. The minimum atomic E-state index is -3.90. The second-order valence-electron chi connectivity index (χ2n) is 3.19. The van der Waals surface area contributed by atoms with E-state index in [-0.39, 0.29) is 16.6 Å². The lowest BCUT2D eigenvalue weighted by atomic mass is 10.7. The van der Waals surface area contributed by atoms with Gasteiger partial charge in [0.05, 0.1) is 17.0 Å². The van der Waals surface area contributed by atoms with Gasteiger partial charge in [-0.25, -0.2) is 26.7 Å². The molecule has 0 aliphatic rings. The van der Waals surface area contributed by atoms with Crippen LogP contribution >= 0.6 is 11.6 Å². The van der Waals surface area contributed by atoms with E-state index in [1.807, 2.05) is 0 Å². The van der Waals surface area contributed by atoms with E-state index in [0.717, 1.165) is 4.68 Å². The van der Waals surface area contributed by atoms with Gasteiger partial charge >= 0.3 is 0 Å². The first-order valence-electron chi connectivity index (χ1n) is 4.31. The molecule has 0 fully saturated rings. The molecule has 0 atom stereocenters. The standard InChI is InChI=1S/C6H11ClN4O4S2/c1-11-6(5(7)4-9-11)17(14,15)10-2-3-16(8,12)13/h4,10H,2-3H2,1H3,(H2,8,12,13). The fourth-order valence-electron chi connectivity index (χ4n) is 1.09. The molecule has 0 aliphatic carbocycles. The summed E-state index contributed by atoms with van der Waals surface area (Å²) in [5.74, 6) is -0.498. The van der Waals surface area contributed by atoms with Crippen LogP contribution < -0.4 is 9.86 Å². The van der Waals surface area contributed by atoms with Crippen LogP contribution in [0.1, 0.15) is 0 Å². The summed E-state index contributed by atoms with van der Waals surface area (Å²) in [5, 5.41) is 8.13. The van der Waals surface area contributed by atoms with Crippen molar-refractivity contribution < 1.29 is 16.8 Å². The molecule has 0 bridgehead atoms. The fourth-order valence-corrected chi connectivity index (χ4v) is 3.29. The summed E-state index contributed by atoms with van der Waals surface area (Å²) in [6.07, 6.45) is 1.18. The normalized spacial score (nSPS) is 12.9. The highest BCUT2D eigenvalue weighted by Gasteiger charge is 2.22. The van der Waals surface area contributed by atoms with Gasteiger partial charge in [-0.05, 0) is 0 Å². The van der Waals surface area contributed by atoms with Gasteiger partial charge in [-0.1, -0.05) is 11.6 Å². The average Bonchev–Trinajstić information content (AvgIpc) is 2.43. The van der Waals surface area contributed by atoms with Crippen molar-refractivity contribution >= 4 is 31.6 Å². The molecule has 3 N–H and O–H groups in total. The number of primary sulfonamides is 1. The van der Waals surface area contributed by atoms with Gasteiger partial charge in [0.25, 0.3) is 10.0 Å². The Labute approximate surface area is 104 Å². The van der Waals surface area contributed by atoms with Gasteiger partial charge in [0, 0.05) is 13.6 Å². The predicted molar refractivity (Wildman–Crippen MR) is 61.4 cm³/mol. The minimum absolute atomic E-state index is 0.0457. The molecule has 1 aromatic rings. The molecular formula is C6H11ClN4O4S2. The number of nitrogens with zero attached hydrogens (tertiary/aromatic N) is 2. The second kappa shape index (κ2) is 4.90. The summed E-state index contributed by atoms with van der Waals surface area (Å²) in [4.78, 5) is 0. The molecule has 98 valence electrons. The minimum Gasteiger partial charge on any atom is -0.255 e. The Morgan fingerprint density at radius 3 is 2.47 bits per heavy atom. The second-order valence-corrected chi connectivity index (χ2v) is 7.01. The lowest BCUT2D eigenvalue weighted by Crippen LogP contribution is -2.32. The van der Waals surface area contributed by atoms with Crippen LogP contribution in [0, 0.1) is 0 Å². The van der Waals surface area contributed by atoms with Crippen molar-refractivity contribution in [3.05, 3.63) is 11.2 Å². The van der Waals surface area contributed by atoms with Gasteiger partial charge in [0.15, 0.2) is 5.03 Å². The van der Waals surface area contributed by atoms with Gasteiger partial charge in [-0.3, -0.25) is 4.68 Å². The molecule has 0 amide bonds. The Balaban J connectivity index is 2.84. The van der Waals surface area contributed by atoms with Crippen LogP contribution in [0.5, 0.6) is 0 Å². The molecule has 0 saturated carbocycles. The number of hydrogen-bond acceptors (Lipinski definition) is 5. The zero-order valence-corrected chi connectivity index (χ0v) is 11.2. The Morgan fingerprint density at radius 2 is 2.06 bits per heavy atom. The van der Waals surface area contributed by atoms with E-state index >= 15 is 0 Å². The molecule has 0 radical (unpaired) electrons. The van der Waals surface area contributed by atoms with E-state index in [0.29, 0.717) is 0 Å². The molecule has 1 rings (SSSR count). The first-order valence-corrected chi connectivity index (χ1v) is 7.89. The monoisotopic (exact) mass is 302 g/mol. The van der Waals surface area contributed by atoms with Crippen molar-refractivity contribution in [2.24, 2.45) is 12.2 Å². The fraction of sp³-hybridized carbons (Fsp3) is 0.500. The number of aryl methyl sites for hydroxylation is 1. The molecule has 1 aromatic heterocycles. The topological polar surface area (TPSA) is 124 Å². The van der Waals surface area contributed by atoms with Gasteiger partial charge < -0.3 is 0 Å². The maximum absolute atomic E-state index is 11.7. The van der Waals surface area contributed by atoms with Gasteiger partial charge in [0.1, 0.15) is 0 Å². The largest absolute Gasteiger partial charge is 0.259 e. The van der Waals surface area contributed by atoms with Gasteiger partial charge in [-0.15, -0.1) is 0 Å². The zero-order valence-electron chi connectivity index (χ0n) is 8.79. The lowest BCUT2D eigenvalue weighted by molar-refractivity contribution is 0.564. The quantitative estimate of drug-likeness (QED) is 0.695. The molecule has 1 heterocycles. The number of nitrogens with two attached hydrogens (primary N) is 1. The first kappa shape index (κ1) is 14.4. The smallest absolute Gasteiger partial charge is 0.255 e. The van der Waals surface area contributed by atoms with E-state index in [9.17, 15) is 16.8 Å². The van der Waals surface area contributed by atoms with E-state index < -0.39 is 25.8 Å². The Morgan fingerprint density at radius 1 is 1.47 bits per heavy atom. The SMILES string of the molecule is Cn1ncc(Cl)c1S(=O)(=O)NCCS(N)(=O)=O. The summed E-state index contributed by atoms with van der Waals surface area (Å²) in [6.45, 7) is -0.331. The summed E-state index contributed by atoms with van der Waals surface area (Å²) in [5.41, 5.74) is 0. The molecule has 17 heavy (non-hydrogen) atoms. The maximum atomic E-state index is 11.7. The van der Waals surface area contributed by atoms with Crippen LogP contribution in [-0.2, 0) is 27.1 Å². The first-order chi connectivity index (χ1) is 7.63. The van der Waals surface area contributed by atoms with Gasteiger partial charge in [-0.2, -0.15) is 5.10 Å². The molecule has 0 aromatic carbocycles. The lowest BCUT2D eigenvalue weighted by Gasteiger charge is -2.06. The molecule has 0 aliphatic heterocycles. The number of nitrogens with one attached hydrogen (secondary N) is 1. The van der Waals surface area contributed by atoms with Crippen molar-refractivity contribution in [3.8, 4) is 0 Å². The molecule has 0 unspecified atom stereocenters. The number of rotatable bonds is 5. The van der Waals surface area contributed by atoms with Crippen LogP contribution in [0.4, 0.5) is 0 Å². The Kier molecular flexibility index (Phi) is 4.15. The Hall–Kier alpha value is -0.680. The summed E-state index contributed by atoms with van der Waals surface area (Å²) in [6, 6.07) is 0. The number of aromatic nitrogens is 2. The third-order valence-corrected chi connectivity index (χ3v) is 4.51. The Bertz CT molecular complexity index is 586. The van der Waals surface area contributed by atoms with Crippen molar-refractivity contribution in [2.75, 3.05) is 12.3 Å². The summed E-state index contributed by atoms with van der Waals surface area (Å²) in [7, 11) is -6.22. The number of halogens is 1. The van der Waals surface area contributed by atoms with Crippen molar-refractivity contribution in [2.45, 2.75) is 5.03 Å². The summed E-state index contributed by atoms with van der Waals surface area (Å²) < 4.78 is 47.9. The third kappa shape index (κ3) is 3.92. The molecule has 11 heteroatoms. The van der Waals surface area contributed by atoms with E-state index in [2.05, 4.69) is 9.82 Å². The highest BCUT2D eigenvalue weighted by Crippen LogP contribution is 2.19. The molecule has 0 saturated heterocycles. The molecule has 0 spiro atoms. The van der Waals surface area contributed by atoms with Crippen molar-refractivity contribution in [3.63, 3.8) is 0 Å². The van der Waals surface area contributed by atoms with E-state index in [4.69, 9.17) is 16.7 Å². The highest BCUT2D eigenvalue weighted by molar-refractivity contribution is 7.90.